The molecule has 8 heteroatoms. The average Bonchev–Trinajstić information content (AvgIpc) is 2.60. The topological polar surface area (TPSA) is 104 Å². The van der Waals surface area contributed by atoms with E-state index in [0.717, 1.165) is 0 Å². The molecule has 1 aromatic heterocycles. The first kappa shape index (κ1) is 13.1. The van der Waals surface area contributed by atoms with E-state index in [2.05, 4.69) is 14.9 Å². The molecule has 7 nitrogen and oxygen atoms in total. The van der Waals surface area contributed by atoms with Crippen LogP contribution < -0.4 is 4.72 Å². The molecule has 0 saturated heterocycles. The van der Waals surface area contributed by atoms with E-state index in [9.17, 15) is 8.42 Å². The highest BCUT2D eigenvalue weighted by Gasteiger charge is 2.23. The van der Waals surface area contributed by atoms with Gasteiger partial charge < -0.3 is 9.84 Å². The number of sulfonamides is 1. The van der Waals surface area contributed by atoms with Crippen LogP contribution >= 0.6 is 0 Å². The van der Waals surface area contributed by atoms with Gasteiger partial charge in [-0.05, 0) is 6.92 Å². The number of aromatic amines is 1. The maximum Gasteiger partial charge on any atom is 0.244 e. The first-order chi connectivity index (χ1) is 7.53. The van der Waals surface area contributed by atoms with E-state index >= 15 is 0 Å². The number of methoxy groups -OCH3 is 1. The van der Waals surface area contributed by atoms with Gasteiger partial charge in [-0.25, -0.2) is 13.1 Å². The molecule has 16 heavy (non-hydrogen) atoms. The van der Waals surface area contributed by atoms with Gasteiger partial charge in [0.15, 0.2) is 0 Å². The molecular formula is C8H15N3O4S. The minimum absolute atomic E-state index is 0.00565. The Morgan fingerprint density at radius 1 is 1.56 bits per heavy atom. The standard InChI is InChI=1S/C8H15N3O4S/c1-6-8(7(5-12)11-10-6)16(13,14)9-3-4-15-2/h9,12H,3-5H2,1-2H3,(H,10,11). The number of aromatic nitrogens is 2. The second kappa shape index (κ2) is 5.39. The summed E-state index contributed by atoms with van der Waals surface area (Å²) in [5.41, 5.74) is 0.511. The summed E-state index contributed by atoms with van der Waals surface area (Å²) in [4.78, 5) is 0.00565. The highest BCUT2D eigenvalue weighted by Crippen LogP contribution is 2.16. The zero-order chi connectivity index (χ0) is 12.2. The van der Waals surface area contributed by atoms with E-state index in [1.165, 1.54) is 7.11 Å². The van der Waals surface area contributed by atoms with Gasteiger partial charge in [0.05, 0.1) is 18.9 Å². The third-order valence-electron chi connectivity index (χ3n) is 1.98. The van der Waals surface area contributed by atoms with E-state index in [4.69, 9.17) is 9.84 Å². The van der Waals surface area contributed by atoms with E-state index in [0.29, 0.717) is 5.69 Å². The lowest BCUT2D eigenvalue weighted by Crippen LogP contribution is -2.28. The number of ether oxygens (including phenoxy) is 1. The molecule has 0 aliphatic heterocycles. The van der Waals surface area contributed by atoms with Crippen LogP contribution in [0.1, 0.15) is 11.4 Å². The summed E-state index contributed by atoms with van der Waals surface area (Å²) in [5.74, 6) is 0. The minimum Gasteiger partial charge on any atom is -0.390 e. The van der Waals surface area contributed by atoms with Crippen molar-refractivity contribution in [2.24, 2.45) is 0 Å². The van der Waals surface area contributed by atoms with Gasteiger partial charge in [0, 0.05) is 13.7 Å². The number of nitrogens with one attached hydrogen (secondary N) is 2. The van der Waals surface area contributed by atoms with E-state index in [1.54, 1.807) is 6.92 Å². The van der Waals surface area contributed by atoms with Crippen LogP contribution in [0.3, 0.4) is 0 Å². The molecule has 0 aliphatic carbocycles. The maximum atomic E-state index is 11.8. The Bertz CT molecular complexity index is 440. The fourth-order valence-electron chi connectivity index (χ4n) is 1.28. The van der Waals surface area contributed by atoms with Gasteiger partial charge in [-0.3, -0.25) is 5.10 Å². The van der Waals surface area contributed by atoms with Crippen molar-refractivity contribution in [2.75, 3.05) is 20.3 Å². The van der Waals surface area contributed by atoms with Crippen molar-refractivity contribution in [1.82, 2.24) is 14.9 Å². The van der Waals surface area contributed by atoms with Crippen LogP contribution in [0.2, 0.25) is 0 Å². The van der Waals surface area contributed by atoms with Gasteiger partial charge in [-0.2, -0.15) is 5.10 Å². The lowest BCUT2D eigenvalue weighted by molar-refractivity contribution is 0.204. The Morgan fingerprint density at radius 2 is 2.25 bits per heavy atom. The molecule has 0 aliphatic rings. The van der Waals surface area contributed by atoms with Crippen molar-refractivity contribution in [3.05, 3.63) is 11.4 Å². The van der Waals surface area contributed by atoms with Crippen molar-refractivity contribution < 1.29 is 18.3 Å². The molecule has 0 aromatic carbocycles. The number of aliphatic hydroxyl groups excluding tert-OH is 1. The molecule has 0 spiro atoms. The molecule has 1 rings (SSSR count). The molecule has 0 amide bonds. The number of hydrogen-bond donors (Lipinski definition) is 3. The van der Waals surface area contributed by atoms with Crippen molar-refractivity contribution in [3.8, 4) is 0 Å². The molecule has 0 fully saturated rings. The first-order valence-corrected chi connectivity index (χ1v) is 6.14. The number of aliphatic hydroxyl groups is 1. The van der Waals surface area contributed by atoms with Gasteiger partial charge in [-0.15, -0.1) is 0 Å². The molecule has 0 saturated carbocycles. The summed E-state index contributed by atoms with van der Waals surface area (Å²) in [5, 5.41) is 15.2. The van der Waals surface area contributed by atoms with E-state index in [-0.39, 0.29) is 23.7 Å². The Hall–Kier alpha value is -0.960. The van der Waals surface area contributed by atoms with E-state index in [1.807, 2.05) is 0 Å². The van der Waals surface area contributed by atoms with Crippen LogP contribution in [-0.2, 0) is 21.4 Å². The summed E-state index contributed by atoms with van der Waals surface area (Å²) in [7, 11) is -2.16. The number of nitrogens with zero attached hydrogens (tertiary/aromatic N) is 1. The predicted molar refractivity (Wildman–Crippen MR) is 56.3 cm³/mol. The molecule has 1 aromatic rings. The molecule has 3 N–H and O–H groups in total. The zero-order valence-corrected chi connectivity index (χ0v) is 9.97. The molecule has 92 valence electrons. The fourth-order valence-corrected chi connectivity index (χ4v) is 2.65. The molecule has 0 unspecified atom stereocenters. The molecule has 0 bridgehead atoms. The number of hydrogen-bond acceptors (Lipinski definition) is 5. The van der Waals surface area contributed by atoms with Gasteiger partial charge in [0.25, 0.3) is 0 Å². The SMILES string of the molecule is COCCNS(=O)(=O)c1c(CO)n[nH]c1C. The summed E-state index contributed by atoms with van der Waals surface area (Å²) in [6.07, 6.45) is 0. The summed E-state index contributed by atoms with van der Waals surface area (Å²) >= 11 is 0. The summed E-state index contributed by atoms with van der Waals surface area (Å²) < 4.78 is 30.8. The second-order valence-electron chi connectivity index (χ2n) is 3.17. The van der Waals surface area contributed by atoms with Crippen molar-refractivity contribution >= 4 is 10.0 Å². The molecule has 0 radical (unpaired) electrons. The van der Waals surface area contributed by atoms with E-state index < -0.39 is 16.6 Å². The molecule has 0 atom stereocenters. The lowest BCUT2D eigenvalue weighted by atomic mass is 10.4. The smallest absolute Gasteiger partial charge is 0.244 e. The van der Waals surface area contributed by atoms with Crippen LogP contribution in [0.5, 0.6) is 0 Å². The highest BCUT2D eigenvalue weighted by molar-refractivity contribution is 7.89. The minimum atomic E-state index is -3.65. The van der Waals surface area contributed by atoms with Gasteiger partial charge in [0.2, 0.25) is 10.0 Å². The zero-order valence-electron chi connectivity index (χ0n) is 9.15. The predicted octanol–water partition coefficient (Wildman–Crippen LogP) is -0.865. The average molecular weight is 249 g/mol. The Balaban J connectivity index is 2.93. The van der Waals surface area contributed by atoms with Crippen LogP contribution in [0, 0.1) is 6.92 Å². The molecular weight excluding hydrogens is 234 g/mol. The Morgan fingerprint density at radius 3 is 2.81 bits per heavy atom. The lowest BCUT2D eigenvalue weighted by Gasteiger charge is -2.06. The highest BCUT2D eigenvalue weighted by atomic mass is 32.2. The Kier molecular flexibility index (Phi) is 4.42. The maximum absolute atomic E-state index is 11.8. The van der Waals surface area contributed by atoms with Crippen LogP contribution in [0.15, 0.2) is 4.90 Å². The molecule has 1 heterocycles. The number of aryl methyl sites for hydroxylation is 1. The fraction of sp³-hybridized carbons (Fsp3) is 0.625. The van der Waals surface area contributed by atoms with Crippen molar-refractivity contribution in [2.45, 2.75) is 18.4 Å². The number of H-pyrrole nitrogens is 1. The van der Waals surface area contributed by atoms with Crippen LogP contribution in [-0.4, -0.2) is 44.0 Å². The normalized spacial score (nSPS) is 11.9. The van der Waals surface area contributed by atoms with Crippen LogP contribution in [0.4, 0.5) is 0 Å². The summed E-state index contributed by atoms with van der Waals surface area (Å²) in [6, 6.07) is 0. The van der Waals surface area contributed by atoms with Gasteiger partial charge >= 0.3 is 0 Å². The van der Waals surface area contributed by atoms with Crippen LogP contribution in [0.25, 0.3) is 0 Å². The largest absolute Gasteiger partial charge is 0.390 e. The summed E-state index contributed by atoms with van der Waals surface area (Å²) in [6.45, 7) is 1.61. The third kappa shape index (κ3) is 2.79. The quantitative estimate of drug-likeness (QED) is 0.569. The van der Waals surface area contributed by atoms with Crippen molar-refractivity contribution in [3.63, 3.8) is 0 Å². The van der Waals surface area contributed by atoms with Gasteiger partial charge in [-0.1, -0.05) is 0 Å². The second-order valence-corrected chi connectivity index (χ2v) is 4.88. The van der Waals surface area contributed by atoms with Gasteiger partial charge in [0.1, 0.15) is 10.6 Å². The third-order valence-corrected chi connectivity index (χ3v) is 3.64. The first-order valence-electron chi connectivity index (χ1n) is 4.66. The van der Waals surface area contributed by atoms with Crippen molar-refractivity contribution in [1.29, 1.82) is 0 Å². The Labute approximate surface area is 93.9 Å². The monoisotopic (exact) mass is 249 g/mol. The number of rotatable bonds is 6.